The van der Waals surface area contributed by atoms with E-state index in [-0.39, 0.29) is 16.0 Å². The molecule has 2 aromatic rings. The maximum atomic E-state index is 13.4. The Morgan fingerprint density at radius 1 is 0.575 bits per heavy atom. The Balaban J connectivity index is 2.52. The number of amides is 1. The highest BCUT2D eigenvalue weighted by atomic mass is 16.4. The number of carbonyl (C=O) groups is 2. The quantitative estimate of drug-likeness (QED) is 0.0935. The van der Waals surface area contributed by atoms with Crippen LogP contribution in [0.4, 0.5) is 0 Å². The van der Waals surface area contributed by atoms with E-state index in [1.54, 1.807) is 0 Å². The van der Waals surface area contributed by atoms with E-state index in [1.807, 2.05) is 0 Å². The van der Waals surface area contributed by atoms with Crippen molar-refractivity contribution in [1.82, 2.24) is 4.90 Å². The molecule has 0 spiro atoms. The lowest BCUT2D eigenvalue weighted by Gasteiger charge is -2.40. The molecule has 0 heterocycles. The zero-order valence-electron chi connectivity index (χ0n) is 20.7. The molecule has 2 unspecified atom stereocenters. The van der Waals surface area contributed by atoms with Gasteiger partial charge in [-0.15, -0.1) is 0 Å². The minimum absolute atomic E-state index is 0.0371. The molecular formula is C24H33NO15. The molecule has 224 valence electrons. The Morgan fingerprint density at radius 3 is 1.32 bits per heavy atom. The van der Waals surface area contributed by atoms with E-state index in [0.29, 0.717) is 10.8 Å². The second-order valence-electron chi connectivity index (χ2n) is 9.06. The van der Waals surface area contributed by atoms with Crippen LogP contribution in [-0.4, -0.2) is 158 Å². The van der Waals surface area contributed by atoms with Gasteiger partial charge < -0.3 is 66.4 Å². The van der Waals surface area contributed by atoms with Gasteiger partial charge >= 0.3 is 5.97 Å². The number of hydrogen-bond acceptors (Lipinski definition) is 14. The molecule has 16 heteroatoms. The summed E-state index contributed by atoms with van der Waals surface area (Å²) in [5, 5.41) is 129. The largest absolute Gasteiger partial charge is 0.478 e. The average Bonchev–Trinajstić information content (AvgIpc) is 2.96. The number of rotatable bonds is 14. The fourth-order valence-electron chi connectivity index (χ4n) is 3.81. The van der Waals surface area contributed by atoms with Crippen molar-refractivity contribution in [2.75, 3.05) is 13.2 Å². The van der Waals surface area contributed by atoms with Crippen LogP contribution >= 0.6 is 0 Å². The monoisotopic (exact) mass is 575 g/mol. The van der Waals surface area contributed by atoms with E-state index >= 15 is 0 Å². The Bertz CT molecular complexity index is 1110. The predicted molar refractivity (Wildman–Crippen MR) is 131 cm³/mol. The molecule has 0 saturated heterocycles. The number of hydrogen-bond donors (Lipinski definition) is 13. The van der Waals surface area contributed by atoms with E-state index in [2.05, 4.69) is 0 Å². The maximum Gasteiger partial charge on any atom is 0.335 e. The molecule has 0 radical (unpaired) electrons. The number of aliphatic hydroxyl groups is 12. The Hall–Kier alpha value is -2.84. The lowest BCUT2D eigenvalue weighted by atomic mass is 9.98. The van der Waals surface area contributed by atoms with Crippen LogP contribution < -0.4 is 0 Å². The normalized spacial score (nSPS) is 19.5. The minimum Gasteiger partial charge on any atom is -0.478 e. The van der Waals surface area contributed by atoms with Crippen molar-refractivity contribution in [1.29, 1.82) is 0 Å². The summed E-state index contributed by atoms with van der Waals surface area (Å²) in [5.41, 5.74) is -0.413. The van der Waals surface area contributed by atoms with E-state index in [0.717, 1.165) is 6.07 Å². The molecule has 0 aliphatic carbocycles. The first-order valence-electron chi connectivity index (χ1n) is 11.8. The molecule has 0 aliphatic rings. The number of aromatic carboxylic acids is 1. The molecule has 0 fully saturated rings. The van der Waals surface area contributed by atoms with Gasteiger partial charge in [0, 0.05) is 5.56 Å². The van der Waals surface area contributed by atoms with Crippen LogP contribution in [0.5, 0.6) is 0 Å². The number of carboxylic acids is 1. The lowest BCUT2D eigenvalue weighted by Crippen LogP contribution is -2.63. The summed E-state index contributed by atoms with van der Waals surface area (Å²) in [6.07, 6.45) is -24.0. The van der Waals surface area contributed by atoms with E-state index in [1.165, 1.54) is 30.3 Å². The number of nitrogens with zero attached hydrogens (tertiary/aromatic N) is 1. The topological polar surface area (TPSA) is 300 Å². The number of fused-ring (bicyclic) bond motifs is 1. The van der Waals surface area contributed by atoms with Crippen LogP contribution in [0.2, 0.25) is 0 Å². The number of carbonyl (C=O) groups excluding carboxylic acids is 1. The molecule has 2 aromatic carbocycles. The van der Waals surface area contributed by atoms with Crippen LogP contribution in [0.15, 0.2) is 36.4 Å². The third-order valence-electron chi connectivity index (χ3n) is 6.31. The van der Waals surface area contributed by atoms with Crippen molar-refractivity contribution in [3.05, 3.63) is 47.5 Å². The molecule has 10 atom stereocenters. The SMILES string of the molecule is O=C(O)c1ccc2cc(C(=O)N(C(O)[C@H](O)[C@@H](O)[C@H](O)[C@H](O)CO)C(O)[C@H](O)[C@@H](O)[C@H](O)[C@H](O)CO)ccc2c1. The third-order valence-corrected chi connectivity index (χ3v) is 6.31. The predicted octanol–water partition coefficient (Wildman–Crippen LogP) is -5.51. The zero-order chi connectivity index (χ0) is 30.5. The molecule has 1 amide bonds. The van der Waals surface area contributed by atoms with E-state index in [4.69, 9.17) is 15.3 Å². The van der Waals surface area contributed by atoms with Crippen LogP contribution in [0.25, 0.3) is 10.8 Å². The van der Waals surface area contributed by atoms with Gasteiger partial charge in [0.2, 0.25) is 0 Å². The first kappa shape index (κ1) is 33.4. The van der Waals surface area contributed by atoms with Gasteiger partial charge in [-0.05, 0) is 35.0 Å². The van der Waals surface area contributed by atoms with Gasteiger partial charge in [0.05, 0.1) is 18.8 Å². The van der Waals surface area contributed by atoms with E-state index in [9.17, 15) is 60.7 Å². The highest BCUT2D eigenvalue weighted by molar-refractivity contribution is 6.00. The highest BCUT2D eigenvalue weighted by Crippen LogP contribution is 2.24. The fourth-order valence-corrected chi connectivity index (χ4v) is 3.81. The summed E-state index contributed by atoms with van der Waals surface area (Å²) in [4.78, 5) is 24.6. The van der Waals surface area contributed by atoms with Crippen molar-refractivity contribution < 1.29 is 76.0 Å². The first-order valence-corrected chi connectivity index (χ1v) is 11.8. The molecular weight excluding hydrogens is 542 g/mol. The maximum absolute atomic E-state index is 13.4. The van der Waals surface area contributed by atoms with E-state index < -0.39 is 86.4 Å². The summed E-state index contributed by atoms with van der Waals surface area (Å²) in [6.45, 7) is -2.16. The standard InChI is InChI=1S/C24H33NO15/c26-7-13(28)15(30)17(32)19(34)22(37)25(23(38)20(35)18(33)16(31)14(29)8-27)21(36)11-3-1-10-6-12(24(39)40)4-2-9(10)5-11/h1-6,13-20,22-23,26-35,37-38H,7-8H2,(H,39,40)/t13-,14-,15-,16-,17+,18+,19-,20-,22?,23?/m1/s1. The molecule has 2 rings (SSSR count). The third kappa shape index (κ3) is 7.26. The number of aliphatic hydroxyl groups excluding tert-OH is 12. The smallest absolute Gasteiger partial charge is 0.335 e. The Kier molecular flexibility index (Phi) is 11.8. The molecule has 40 heavy (non-hydrogen) atoms. The van der Waals surface area contributed by atoms with Gasteiger partial charge in [-0.2, -0.15) is 0 Å². The summed E-state index contributed by atoms with van der Waals surface area (Å²) in [7, 11) is 0. The van der Waals surface area contributed by atoms with Crippen LogP contribution in [0, 0.1) is 0 Å². The first-order chi connectivity index (χ1) is 18.7. The van der Waals surface area contributed by atoms with Gasteiger partial charge in [0.15, 0.2) is 12.5 Å². The van der Waals surface area contributed by atoms with Crippen molar-refractivity contribution in [3.8, 4) is 0 Å². The second kappa shape index (κ2) is 14.2. The van der Waals surface area contributed by atoms with Gasteiger partial charge in [-0.3, -0.25) is 9.69 Å². The van der Waals surface area contributed by atoms with Crippen LogP contribution in [0.3, 0.4) is 0 Å². The summed E-state index contributed by atoms with van der Waals surface area (Å²) >= 11 is 0. The molecule has 0 aromatic heterocycles. The molecule has 0 bridgehead atoms. The second-order valence-corrected chi connectivity index (χ2v) is 9.06. The molecule has 0 saturated carbocycles. The van der Waals surface area contributed by atoms with Crippen LogP contribution in [0.1, 0.15) is 20.7 Å². The van der Waals surface area contributed by atoms with Gasteiger partial charge in [0.25, 0.3) is 5.91 Å². The van der Waals surface area contributed by atoms with Crippen LogP contribution in [-0.2, 0) is 0 Å². The Morgan fingerprint density at radius 2 is 0.950 bits per heavy atom. The molecule has 0 aliphatic heterocycles. The zero-order valence-corrected chi connectivity index (χ0v) is 20.7. The molecule has 13 N–H and O–H groups in total. The summed E-state index contributed by atoms with van der Waals surface area (Å²) < 4.78 is 0. The number of benzene rings is 2. The summed E-state index contributed by atoms with van der Waals surface area (Å²) in [5.74, 6) is -2.59. The van der Waals surface area contributed by atoms with Crippen molar-refractivity contribution in [2.45, 2.75) is 61.3 Å². The molecule has 16 nitrogen and oxygen atoms in total. The van der Waals surface area contributed by atoms with Gasteiger partial charge in [-0.1, -0.05) is 12.1 Å². The highest BCUT2D eigenvalue weighted by Gasteiger charge is 2.45. The van der Waals surface area contributed by atoms with Crippen molar-refractivity contribution >= 4 is 22.6 Å². The van der Waals surface area contributed by atoms with Crippen molar-refractivity contribution in [2.24, 2.45) is 0 Å². The average molecular weight is 576 g/mol. The minimum atomic E-state index is -2.69. The summed E-state index contributed by atoms with van der Waals surface area (Å²) in [6, 6.07) is 7.44. The lowest BCUT2D eigenvalue weighted by molar-refractivity contribution is -0.213. The Labute approximate surface area is 226 Å². The fraction of sp³-hybridized carbons (Fsp3) is 0.500. The number of carboxylic acid groups (broad SMARTS) is 1. The van der Waals surface area contributed by atoms with Gasteiger partial charge in [0.1, 0.15) is 48.8 Å². The van der Waals surface area contributed by atoms with Gasteiger partial charge in [-0.25, -0.2) is 4.79 Å². The van der Waals surface area contributed by atoms with Crippen molar-refractivity contribution in [3.63, 3.8) is 0 Å².